The van der Waals surface area contributed by atoms with Crippen molar-refractivity contribution >= 4 is 32.9 Å². The molecular weight excluding hydrogens is 330 g/mol. The summed E-state index contributed by atoms with van der Waals surface area (Å²) in [6.45, 7) is 2.08. The topological polar surface area (TPSA) is 57.8 Å². The number of hydrogen-bond acceptors (Lipinski definition) is 5. The van der Waals surface area contributed by atoms with Gasteiger partial charge in [-0.2, -0.15) is 10.2 Å². The van der Waals surface area contributed by atoms with E-state index in [-0.39, 0.29) is 5.75 Å². The van der Waals surface area contributed by atoms with Crippen LogP contribution in [0.5, 0.6) is 5.75 Å². The van der Waals surface area contributed by atoms with Crippen molar-refractivity contribution in [2.45, 2.75) is 6.92 Å². The van der Waals surface area contributed by atoms with Crippen molar-refractivity contribution in [3.8, 4) is 16.3 Å². The van der Waals surface area contributed by atoms with Gasteiger partial charge in [0.25, 0.3) is 0 Å². The molecule has 4 nitrogen and oxygen atoms in total. The SMILES string of the molecule is Cc1ccc2sc(-c3ccc(N=Nc4ccc(O)cc4)cc3)nc2c1. The van der Waals surface area contributed by atoms with E-state index in [4.69, 9.17) is 4.98 Å². The molecular formula is C20H15N3OS. The summed E-state index contributed by atoms with van der Waals surface area (Å²) < 4.78 is 1.19. The van der Waals surface area contributed by atoms with Gasteiger partial charge in [0, 0.05) is 5.56 Å². The Bertz CT molecular complexity index is 1050. The van der Waals surface area contributed by atoms with Crippen LogP contribution in [0.2, 0.25) is 0 Å². The van der Waals surface area contributed by atoms with Gasteiger partial charge in [-0.05, 0) is 73.2 Å². The lowest BCUT2D eigenvalue weighted by Gasteiger charge is -1.97. The maximum absolute atomic E-state index is 9.27. The maximum atomic E-state index is 9.27. The van der Waals surface area contributed by atoms with Crippen molar-refractivity contribution in [2.24, 2.45) is 10.2 Å². The Balaban J connectivity index is 1.57. The van der Waals surface area contributed by atoms with Crippen molar-refractivity contribution < 1.29 is 5.11 Å². The number of rotatable bonds is 3. The van der Waals surface area contributed by atoms with Crippen molar-refractivity contribution in [3.63, 3.8) is 0 Å². The van der Waals surface area contributed by atoms with E-state index in [0.717, 1.165) is 21.8 Å². The van der Waals surface area contributed by atoms with Crippen LogP contribution in [0.15, 0.2) is 77.0 Å². The first kappa shape index (κ1) is 15.5. The molecule has 1 heterocycles. The zero-order valence-corrected chi connectivity index (χ0v) is 14.4. The van der Waals surface area contributed by atoms with Gasteiger partial charge < -0.3 is 5.11 Å². The number of aromatic hydroxyl groups is 1. The molecule has 0 fully saturated rings. The third-order valence-corrected chi connectivity index (χ3v) is 4.87. The van der Waals surface area contributed by atoms with Crippen LogP contribution in [-0.2, 0) is 0 Å². The van der Waals surface area contributed by atoms with Gasteiger partial charge in [0.1, 0.15) is 10.8 Å². The van der Waals surface area contributed by atoms with Gasteiger partial charge >= 0.3 is 0 Å². The Kier molecular flexibility index (Phi) is 3.99. The molecule has 0 aliphatic carbocycles. The van der Waals surface area contributed by atoms with Crippen LogP contribution >= 0.6 is 11.3 Å². The van der Waals surface area contributed by atoms with Gasteiger partial charge in [-0.25, -0.2) is 4.98 Å². The Morgan fingerprint density at radius 2 is 1.48 bits per heavy atom. The number of azo groups is 1. The van der Waals surface area contributed by atoms with Gasteiger partial charge in [-0.1, -0.05) is 6.07 Å². The molecule has 1 aromatic heterocycles. The number of thiazole rings is 1. The summed E-state index contributed by atoms with van der Waals surface area (Å²) in [5, 5.41) is 18.7. The molecule has 0 unspecified atom stereocenters. The number of hydrogen-bond donors (Lipinski definition) is 1. The van der Waals surface area contributed by atoms with E-state index in [1.165, 1.54) is 10.3 Å². The largest absolute Gasteiger partial charge is 0.508 e. The predicted molar refractivity (Wildman–Crippen MR) is 102 cm³/mol. The van der Waals surface area contributed by atoms with Crippen LogP contribution in [0, 0.1) is 6.92 Å². The van der Waals surface area contributed by atoms with Gasteiger partial charge in [0.05, 0.1) is 21.6 Å². The first-order valence-electron chi connectivity index (χ1n) is 7.86. The smallest absolute Gasteiger partial charge is 0.124 e. The highest BCUT2D eigenvalue weighted by atomic mass is 32.1. The fraction of sp³-hybridized carbons (Fsp3) is 0.0500. The number of nitrogens with zero attached hydrogens (tertiary/aromatic N) is 3. The lowest BCUT2D eigenvalue weighted by molar-refractivity contribution is 0.475. The molecule has 0 bridgehead atoms. The monoisotopic (exact) mass is 345 g/mol. The zero-order chi connectivity index (χ0) is 17.2. The summed E-state index contributed by atoms with van der Waals surface area (Å²) in [7, 11) is 0. The Morgan fingerprint density at radius 3 is 2.16 bits per heavy atom. The zero-order valence-electron chi connectivity index (χ0n) is 13.5. The third kappa shape index (κ3) is 3.41. The van der Waals surface area contributed by atoms with Crippen molar-refractivity contribution in [3.05, 3.63) is 72.3 Å². The van der Waals surface area contributed by atoms with Crippen molar-refractivity contribution in [1.82, 2.24) is 4.98 Å². The van der Waals surface area contributed by atoms with Gasteiger partial charge in [-0.3, -0.25) is 0 Å². The number of benzene rings is 3. The Morgan fingerprint density at radius 1 is 0.840 bits per heavy atom. The summed E-state index contributed by atoms with van der Waals surface area (Å²) >= 11 is 1.69. The summed E-state index contributed by atoms with van der Waals surface area (Å²) in [5.41, 5.74) is 4.80. The van der Waals surface area contributed by atoms with E-state index in [9.17, 15) is 5.11 Å². The lowest BCUT2D eigenvalue weighted by atomic mass is 10.2. The number of fused-ring (bicyclic) bond motifs is 1. The molecule has 122 valence electrons. The highest BCUT2D eigenvalue weighted by Crippen LogP contribution is 2.31. The molecule has 0 aliphatic rings. The van der Waals surface area contributed by atoms with Crippen LogP contribution < -0.4 is 0 Å². The van der Waals surface area contributed by atoms with Gasteiger partial charge in [0.2, 0.25) is 0 Å². The van der Waals surface area contributed by atoms with E-state index in [0.29, 0.717) is 5.69 Å². The molecule has 0 saturated heterocycles. The number of aromatic nitrogens is 1. The van der Waals surface area contributed by atoms with Crippen LogP contribution in [0.4, 0.5) is 11.4 Å². The van der Waals surface area contributed by atoms with E-state index in [1.807, 2.05) is 24.3 Å². The molecule has 0 atom stereocenters. The predicted octanol–water partition coefficient (Wildman–Crippen LogP) is 6.39. The number of aryl methyl sites for hydroxylation is 1. The minimum Gasteiger partial charge on any atom is -0.508 e. The first-order valence-corrected chi connectivity index (χ1v) is 8.67. The highest BCUT2D eigenvalue weighted by molar-refractivity contribution is 7.21. The molecule has 4 aromatic rings. The molecule has 0 amide bonds. The molecule has 0 radical (unpaired) electrons. The lowest BCUT2D eigenvalue weighted by Crippen LogP contribution is -1.75. The van der Waals surface area contributed by atoms with Crippen LogP contribution in [0.3, 0.4) is 0 Å². The average molecular weight is 345 g/mol. The fourth-order valence-corrected chi connectivity index (χ4v) is 3.42. The van der Waals surface area contributed by atoms with E-state index in [2.05, 4.69) is 35.4 Å². The van der Waals surface area contributed by atoms with Crippen LogP contribution in [0.25, 0.3) is 20.8 Å². The van der Waals surface area contributed by atoms with Gasteiger partial charge in [0.15, 0.2) is 0 Å². The van der Waals surface area contributed by atoms with Crippen molar-refractivity contribution in [1.29, 1.82) is 0 Å². The molecule has 0 saturated carbocycles. The second-order valence-corrected chi connectivity index (χ2v) is 6.78. The minimum atomic E-state index is 0.217. The maximum Gasteiger partial charge on any atom is 0.124 e. The second kappa shape index (κ2) is 6.45. The number of phenols is 1. The molecule has 5 heteroatoms. The van der Waals surface area contributed by atoms with Gasteiger partial charge in [-0.15, -0.1) is 11.3 Å². The molecule has 4 rings (SSSR count). The van der Waals surface area contributed by atoms with E-state index < -0.39 is 0 Å². The Labute approximate surface area is 149 Å². The molecule has 1 N–H and O–H groups in total. The number of phenolic OH excluding ortho intramolecular Hbond substituents is 1. The molecule has 0 spiro atoms. The fourth-order valence-electron chi connectivity index (χ4n) is 2.47. The summed E-state index contributed by atoms with van der Waals surface area (Å²) in [4.78, 5) is 4.72. The Hall–Kier alpha value is -3.05. The minimum absolute atomic E-state index is 0.217. The second-order valence-electron chi connectivity index (χ2n) is 5.75. The van der Waals surface area contributed by atoms with Crippen molar-refractivity contribution in [2.75, 3.05) is 0 Å². The molecule has 0 aliphatic heterocycles. The van der Waals surface area contributed by atoms with Crippen LogP contribution in [0.1, 0.15) is 5.56 Å². The quantitative estimate of drug-likeness (QED) is 0.437. The summed E-state index contributed by atoms with van der Waals surface area (Å²) in [6.07, 6.45) is 0. The van der Waals surface area contributed by atoms with E-state index in [1.54, 1.807) is 35.6 Å². The molecule has 3 aromatic carbocycles. The first-order chi connectivity index (χ1) is 12.2. The summed E-state index contributed by atoms with van der Waals surface area (Å²) in [5.74, 6) is 0.217. The normalized spacial score (nSPS) is 11.4. The molecule has 25 heavy (non-hydrogen) atoms. The van der Waals surface area contributed by atoms with E-state index >= 15 is 0 Å². The summed E-state index contributed by atoms with van der Waals surface area (Å²) in [6, 6.07) is 20.8. The van der Waals surface area contributed by atoms with Crippen LogP contribution in [-0.4, -0.2) is 10.1 Å². The highest BCUT2D eigenvalue weighted by Gasteiger charge is 2.06. The third-order valence-electron chi connectivity index (χ3n) is 3.79. The standard InChI is InChI=1S/C20H15N3OS/c1-13-2-11-19-18(12-13)21-20(25-19)14-3-5-15(6-4-14)22-23-16-7-9-17(24)10-8-16/h2-12,24H,1H3. The average Bonchev–Trinajstić information content (AvgIpc) is 3.05.